The molecule has 1 aromatic carbocycles. The molecule has 1 saturated carbocycles. The van der Waals surface area contributed by atoms with Crippen molar-refractivity contribution in [1.82, 2.24) is 5.32 Å². The second kappa shape index (κ2) is 3.22. The summed E-state index contributed by atoms with van der Waals surface area (Å²) < 4.78 is 51.1. The largest absolute Gasteiger partial charge is 0.416 e. The summed E-state index contributed by atoms with van der Waals surface area (Å²) in [5.74, 6) is -0.438. The van der Waals surface area contributed by atoms with Crippen molar-refractivity contribution in [2.45, 2.75) is 18.0 Å². The van der Waals surface area contributed by atoms with Gasteiger partial charge in [-0.05, 0) is 42.6 Å². The number of benzene rings is 1. The molecule has 0 bridgehead atoms. The summed E-state index contributed by atoms with van der Waals surface area (Å²) in [7, 11) is 0. The van der Waals surface area contributed by atoms with Crippen molar-refractivity contribution in [3.63, 3.8) is 0 Å². The summed E-state index contributed by atoms with van der Waals surface area (Å²) in [6, 6.07) is 2.89. The van der Waals surface area contributed by atoms with E-state index in [1.807, 2.05) is 0 Å². The first kappa shape index (κ1) is 11.0. The molecule has 1 aliphatic carbocycles. The van der Waals surface area contributed by atoms with Gasteiger partial charge in [-0.2, -0.15) is 13.2 Å². The number of hydrogen-bond acceptors (Lipinski definition) is 1. The summed E-state index contributed by atoms with van der Waals surface area (Å²) in [4.78, 5) is 0. The van der Waals surface area contributed by atoms with Crippen LogP contribution in [0.4, 0.5) is 17.6 Å². The summed E-state index contributed by atoms with van der Waals surface area (Å²) >= 11 is 0. The Hall–Kier alpha value is -1.10. The van der Waals surface area contributed by atoms with Crippen LogP contribution in [-0.4, -0.2) is 13.1 Å². The predicted octanol–water partition coefficient (Wildman–Crippen LogP) is 2.71. The first-order chi connectivity index (χ1) is 7.92. The number of halogens is 4. The van der Waals surface area contributed by atoms with Crippen LogP contribution in [0.25, 0.3) is 0 Å². The standard InChI is InChI=1S/C12H11F4N/c13-10-2-7(1-8(3-10)12(14,15)16)11-4-9(11)5-17-6-11/h1-3,9,17H,4-6H2/t9-,11+/m1/s1. The summed E-state index contributed by atoms with van der Waals surface area (Å²) in [5.41, 5.74) is -0.651. The first-order valence-electron chi connectivity index (χ1n) is 5.51. The molecule has 3 rings (SSSR count). The lowest BCUT2D eigenvalue weighted by atomic mass is 9.93. The molecule has 5 heteroatoms. The van der Waals surface area contributed by atoms with E-state index in [0.29, 0.717) is 24.1 Å². The van der Waals surface area contributed by atoms with E-state index in [1.54, 1.807) is 0 Å². The molecule has 1 N–H and O–H groups in total. The van der Waals surface area contributed by atoms with Crippen molar-refractivity contribution in [3.8, 4) is 0 Å². The van der Waals surface area contributed by atoms with E-state index in [1.165, 1.54) is 6.07 Å². The lowest BCUT2D eigenvalue weighted by Crippen LogP contribution is -2.20. The second-order valence-corrected chi connectivity index (χ2v) is 4.91. The van der Waals surface area contributed by atoms with Gasteiger partial charge < -0.3 is 5.32 Å². The van der Waals surface area contributed by atoms with Gasteiger partial charge >= 0.3 is 6.18 Å². The molecule has 0 spiro atoms. The van der Waals surface area contributed by atoms with Crippen LogP contribution in [0.5, 0.6) is 0 Å². The first-order valence-corrected chi connectivity index (χ1v) is 5.51. The highest BCUT2D eigenvalue weighted by Gasteiger charge is 2.58. The van der Waals surface area contributed by atoms with Crippen molar-refractivity contribution in [3.05, 3.63) is 35.1 Å². The lowest BCUT2D eigenvalue weighted by molar-refractivity contribution is -0.137. The maximum absolute atomic E-state index is 13.3. The van der Waals surface area contributed by atoms with E-state index in [9.17, 15) is 17.6 Å². The molecule has 2 atom stereocenters. The fraction of sp³-hybridized carbons (Fsp3) is 0.500. The van der Waals surface area contributed by atoms with Gasteiger partial charge in [-0.15, -0.1) is 0 Å². The van der Waals surface area contributed by atoms with Gasteiger partial charge in [0.1, 0.15) is 5.82 Å². The third-order valence-electron chi connectivity index (χ3n) is 3.86. The van der Waals surface area contributed by atoms with Gasteiger partial charge in [-0.25, -0.2) is 4.39 Å². The number of rotatable bonds is 1. The maximum atomic E-state index is 13.3. The predicted molar refractivity (Wildman–Crippen MR) is 54.1 cm³/mol. The Kier molecular flexibility index (Phi) is 2.09. The SMILES string of the molecule is Fc1cc(C(F)(F)F)cc([C@]23CNC[C@H]2C3)c1. The van der Waals surface area contributed by atoms with Crippen LogP contribution in [-0.2, 0) is 11.6 Å². The quantitative estimate of drug-likeness (QED) is 0.750. The van der Waals surface area contributed by atoms with Crippen molar-refractivity contribution >= 4 is 0 Å². The zero-order valence-electron chi connectivity index (χ0n) is 8.94. The Labute approximate surface area is 95.8 Å². The van der Waals surface area contributed by atoms with E-state index < -0.39 is 17.6 Å². The number of hydrogen-bond donors (Lipinski definition) is 1. The summed E-state index contributed by atoms with van der Waals surface area (Å²) in [5, 5.41) is 3.14. The molecule has 1 heterocycles. The number of nitrogens with one attached hydrogen (secondary N) is 1. The highest BCUT2D eigenvalue weighted by Crippen LogP contribution is 2.56. The molecule has 1 saturated heterocycles. The minimum Gasteiger partial charge on any atom is -0.316 e. The highest BCUT2D eigenvalue weighted by molar-refractivity contribution is 5.40. The van der Waals surface area contributed by atoms with Gasteiger partial charge in [0, 0.05) is 12.0 Å². The smallest absolute Gasteiger partial charge is 0.316 e. The monoisotopic (exact) mass is 245 g/mol. The average molecular weight is 245 g/mol. The molecule has 92 valence electrons. The molecule has 2 aliphatic rings. The molecule has 0 aromatic heterocycles. The van der Waals surface area contributed by atoms with E-state index in [4.69, 9.17) is 0 Å². The van der Waals surface area contributed by atoms with Gasteiger partial charge in [0.15, 0.2) is 0 Å². The van der Waals surface area contributed by atoms with Crippen LogP contribution in [0.15, 0.2) is 18.2 Å². The summed E-state index contributed by atoms with van der Waals surface area (Å²) in [6.07, 6.45) is -3.62. The van der Waals surface area contributed by atoms with Crippen molar-refractivity contribution in [2.24, 2.45) is 5.92 Å². The number of fused-ring (bicyclic) bond motifs is 1. The molecule has 1 nitrogen and oxygen atoms in total. The van der Waals surface area contributed by atoms with E-state index in [0.717, 1.165) is 19.0 Å². The molecule has 1 aromatic rings. The van der Waals surface area contributed by atoms with Crippen LogP contribution in [0.1, 0.15) is 17.5 Å². The molecule has 0 amide bonds. The molecule has 0 unspecified atom stereocenters. The minimum atomic E-state index is -4.48. The fourth-order valence-electron chi connectivity index (χ4n) is 2.83. The molecular formula is C12H11F4N. The van der Waals surface area contributed by atoms with Crippen LogP contribution in [0.3, 0.4) is 0 Å². The Morgan fingerprint density at radius 3 is 2.53 bits per heavy atom. The Morgan fingerprint density at radius 2 is 2.00 bits per heavy atom. The number of piperidine rings is 1. The molecular weight excluding hydrogens is 234 g/mol. The second-order valence-electron chi connectivity index (χ2n) is 4.91. The molecule has 2 fully saturated rings. The summed E-state index contributed by atoms with van der Waals surface area (Å²) in [6.45, 7) is 1.47. The van der Waals surface area contributed by atoms with Crippen molar-refractivity contribution in [2.75, 3.05) is 13.1 Å². The van der Waals surface area contributed by atoms with Gasteiger partial charge in [0.2, 0.25) is 0 Å². The Morgan fingerprint density at radius 1 is 1.24 bits per heavy atom. The van der Waals surface area contributed by atoms with Gasteiger partial charge in [-0.3, -0.25) is 0 Å². The van der Waals surface area contributed by atoms with Crippen LogP contribution in [0, 0.1) is 11.7 Å². The van der Waals surface area contributed by atoms with Crippen LogP contribution < -0.4 is 5.32 Å². The van der Waals surface area contributed by atoms with Crippen molar-refractivity contribution < 1.29 is 17.6 Å². The number of alkyl halides is 3. The Balaban J connectivity index is 2.04. The molecule has 0 radical (unpaired) electrons. The van der Waals surface area contributed by atoms with Crippen LogP contribution >= 0.6 is 0 Å². The topological polar surface area (TPSA) is 12.0 Å². The maximum Gasteiger partial charge on any atom is 0.416 e. The van der Waals surface area contributed by atoms with Crippen molar-refractivity contribution in [1.29, 1.82) is 0 Å². The van der Waals surface area contributed by atoms with Gasteiger partial charge in [0.05, 0.1) is 5.56 Å². The average Bonchev–Trinajstić information content (AvgIpc) is 2.80. The third kappa shape index (κ3) is 1.64. The Bertz CT molecular complexity index is 468. The highest BCUT2D eigenvalue weighted by atomic mass is 19.4. The zero-order valence-corrected chi connectivity index (χ0v) is 8.94. The van der Waals surface area contributed by atoms with E-state index >= 15 is 0 Å². The fourth-order valence-corrected chi connectivity index (χ4v) is 2.83. The molecule has 17 heavy (non-hydrogen) atoms. The van der Waals surface area contributed by atoms with Gasteiger partial charge in [0.25, 0.3) is 0 Å². The molecule has 1 aliphatic heterocycles. The van der Waals surface area contributed by atoms with Gasteiger partial charge in [-0.1, -0.05) is 0 Å². The van der Waals surface area contributed by atoms with E-state index in [-0.39, 0.29) is 5.41 Å². The minimum absolute atomic E-state index is 0.248. The zero-order chi connectivity index (χ0) is 12.3. The van der Waals surface area contributed by atoms with Crippen LogP contribution in [0.2, 0.25) is 0 Å². The van der Waals surface area contributed by atoms with E-state index in [2.05, 4.69) is 5.32 Å². The third-order valence-corrected chi connectivity index (χ3v) is 3.86. The normalized spacial score (nSPS) is 31.4. The lowest BCUT2D eigenvalue weighted by Gasteiger charge is -2.15.